The third-order valence-electron chi connectivity index (χ3n) is 4.11. The summed E-state index contributed by atoms with van der Waals surface area (Å²) >= 11 is 0. The van der Waals surface area contributed by atoms with Crippen LogP contribution in [0.2, 0.25) is 0 Å². The summed E-state index contributed by atoms with van der Waals surface area (Å²) in [6, 6.07) is 5.26. The molecular weight excluding hydrogens is 356 g/mol. The molecule has 0 saturated carbocycles. The Labute approximate surface area is 160 Å². The van der Waals surface area contributed by atoms with E-state index in [0.717, 1.165) is 11.1 Å². The van der Waals surface area contributed by atoms with Crippen LogP contribution in [0.4, 0.5) is 0 Å². The van der Waals surface area contributed by atoms with E-state index >= 15 is 0 Å². The van der Waals surface area contributed by atoms with Crippen LogP contribution in [0.15, 0.2) is 30.6 Å². The van der Waals surface area contributed by atoms with Crippen molar-refractivity contribution in [3.8, 4) is 11.5 Å². The van der Waals surface area contributed by atoms with Crippen LogP contribution < -0.4 is 14.8 Å². The van der Waals surface area contributed by atoms with Crippen LogP contribution in [-0.2, 0) is 18.4 Å². The van der Waals surface area contributed by atoms with Gasteiger partial charge >= 0.3 is 0 Å². The lowest BCUT2D eigenvalue weighted by atomic mass is 10.1. The van der Waals surface area contributed by atoms with E-state index in [9.17, 15) is 4.79 Å². The molecule has 0 saturated heterocycles. The van der Waals surface area contributed by atoms with Crippen molar-refractivity contribution in [2.75, 3.05) is 27.8 Å². The van der Waals surface area contributed by atoms with Gasteiger partial charge in [0, 0.05) is 31.9 Å². The zero-order valence-corrected chi connectivity index (χ0v) is 16.7. The van der Waals surface area contributed by atoms with Crippen molar-refractivity contribution >= 4 is 18.3 Å². The highest BCUT2D eigenvalue weighted by Crippen LogP contribution is 2.28. The number of methoxy groups -OCH3 is 2. The first kappa shape index (κ1) is 21.8. The third kappa shape index (κ3) is 4.89. The van der Waals surface area contributed by atoms with Gasteiger partial charge in [0.1, 0.15) is 6.04 Å². The summed E-state index contributed by atoms with van der Waals surface area (Å²) in [7, 11) is 6.82. The fourth-order valence-corrected chi connectivity index (χ4v) is 2.75. The van der Waals surface area contributed by atoms with Gasteiger partial charge in [-0.2, -0.15) is 5.10 Å². The Morgan fingerprint density at radius 2 is 2.00 bits per heavy atom. The molecule has 2 aromatic rings. The monoisotopic (exact) mass is 382 g/mol. The molecule has 1 aromatic heterocycles. The molecule has 0 aliphatic rings. The molecular formula is C18H27ClN4O3. The van der Waals surface area contributed by atoms with Gasteiger partial charge in [-0.05, 0) is 31.7 Å². The van der Waals surface area contributed by atoms with Gasteiger partial charge in [0.15, 0.2) is 11.5 Å². The molecule has 8 heteroatoms. The zero-order chi connectivity index (χ0) is 18.4. The lowest BCUT2D eigenvalue weighted by Crippen LogP contribution is -2.39. The van der Waals surface area contributed by atoms with Crippen molar-refractivity contribution in [3.63, 3.8) is 0 Å². The van der Waals surface area contributed by atoms with Gasteiger partial charge < -0.3 is 19.7 Å². The Bertz CT molecular complexity index is 720. The number of carbonyl (C=O) groups excluding carboxylic acids is 1. The van der Waals surface area contributed by atoms with Crippen molar-refractivity contribution in [1.82, 2.24) is 20.0 Å². The van der Waals surface area contributed by atoms with Crippen LogP contribution >= 0.6 is 12.4 Å². The Morgan fingerprint density at radius 1 is 1.31 bits per heavy atom. The quantitative estimate of drug-likeness (QED) is 0.757. The average molecular weight is 383 g/mol. The molecule has 1 aromatic carbocycles. The molecule has 2 rings (SSSR count). The first-order valence-electron chi connectivity index (χ1n) is 8.19. The van der Waals surface area contributed by atoms with Crippen molar-refractivity contribution in [3.05, 3.63) is 41.7 Å². The first-order valence-corrected chi connectivity index (χ1v) is 8.19. The normalized spacial score (nSPS) is 11.4. The molecule has 0 fully saturated rings. The number of aryl methyl sites for hydroxylation is 1. The number of benzene rings is 1. The zero-order valence-electron chi connectivity index (χ0n) is 15.9. The smallest absolute Gasteiger partial charge is 0.244 e. The summed E-state index contributed by atoms with van der Waals surface area (Å²) < 4.78 is 12.3. The minimum atomic E-state index is -0.422. The summed E-state index contributed by atoms with van der Waals surface area (Å²) in [5, 5.41) is 7.24. The Hall–Kier alpha value is -2.25. The van der Waals surface area contributed by atoms with Crippen molar-refractivity contribution in [1.29, 1.82) is 0 Å². The van der Waals surface area contributed by atoms with Crippen molar-refractivity contribution < 1.29 is 14.3 Å². The maximum absolute atomic E-state index is 13.0. The van der Waals surface area contributed by atoms with Crippen LogP contribution in [0.1, 0.15) is 24.1 Å². The summed E-state index contributed by atoms with van der Waals surface area (Å²) in [6.07, 6.45) is 3.56. The standard InChI is InChI=1S/C18H26N4O3.ClH/c1-6-22(11-13-7-8-15(24-4)16(9-13)25-5)18(23)17(19-2)14-10-20-21(3)12-14;/h7-10,12,17,19H,6,11H2,1-5H3;1H. The molecule has 0 spiro atoms. The third-order valence-corrected chi connectivity index (χ3v) is 4.11. The average Bonchev–Trinajstić information content (AvgIpc) is 3.05. The van der Waals surface area contributed by atoms with E-state index < -0.39 is 6.04 Å². The number of hydrogen-bond acceptors (Lipinski definition) is 5. The number of rotatable bonds is 8. The highest BCUT2D eigenvalue weighted by molar-refractivity contribution is 5.85. The van der Waals surface area contributed by atoms with Crippen LogP contribution in [0, 0.1) is 0 Å². The topological polar surface area (TPSA) is 68.6 Å². The van der Waals surface area contributed by atoms with E-state index in [1.807, 2.05) is 38.4 Å². The number of halogens is 1. The van der Waals surface area contributed by atoms with E-state index in [-0.39, 0.29) is 18.3 Å². The minimum Gasteiger partial charge on any atom is -0.493 e. The van der Waals surface area contributed by atoms with Gasteiger partial charge in [0.25, 0.3) is 0 Å². The molecule has 1 heterocycles. The molecule has 1 unspecified atom stereocenters. The number of carbonyl (C=O) groups is 1. The van der Waals surface area contributed by atoms with Crippen LogP contribution in [0.25, 0.3) is 0 Å². The molecule has 0 radical (unpaired) electrons. The molecule has 0 aliphatic heterocycles. The summed E-state index contributed by atoms with van der Waals surface area (Å²) in [6.45, 7) is 3.06. The number of nitrogens with zero attached hydrogens (tertiary/aromatic N) is 3. The molecule has 1 atom stereocenters. The number of likely N-dealkylation sites (N-methyl/N-ethyl adjacent to an activating group) is 2. The van der Waals surface area contributed by atoms with E-state index in [0.29, 0.717) is 24.6 Å². The summed E-state index contributed by atoms with van der Waals surface area (Å²) in [5.41, 5.74) is 1.83. The van der Waals surface area contributed by atoms with Crippen LogP contribution in [0.3, 0.4) is 0 Å². The van der Waals surface area contributed by atoms with Crippen molar-refractivity contribution in [2.45, 2.75) is 19.5 Å². The maximum atomic E-state index is 13.0. The molecule has 0 aliphatic carbocycles. The minimum absolute atomic E-state index is 0. The van der Waals surface area contributed by atoms with Crippen LogP contribution in [0.5, 0.6) is 11.5 Å². The van der Waals surface area contributed by atoms with Gasteiger partial charge in [-0.1, -0.05) is 6.07 Å². The maximum Gasteiger partial charge on any atom is 0.244 e. The highest BCUT2D eigenvalue weighted by Gasteiger charge is 2.25. The lowest BCUT2D eigenvalue weighted by molar-refractivity contribution is -0.133. The predicted molar refractivity (Wildman–Crippen MR) is 103 cm³/mol. The number of aromatic nitrogens is 2. The first-order chi connectivity index (χ1) is 12.0. The van der Waals surface area contributed by atoms with Gasteiger partial charge in [-0.3, -0.25) is 9.48 Å². The van der Waals surface area contributed by atoms with Crippen molar-refractivity contribution in [2.24, 2.45) is 7.05 Å². The number of nitrogens with one attached hydrogen (secondary N) is 1. The van der Waals surface area contributed by atoms with E-state index in [1.54, 1.807) is 37.0 Å². The number of amides is 1. The summed E-state index contributed by atoms with van der Waals surface area (Å²) in [5.74, 6) is 1.33. The second-order valence-electron chi connectivity index (χ2n) is 5.71. The Kier molecular flexibility index (Phi) is 8.41. The number of hydrogen-bond donors (Lipinski definition) is 1. The highest BCUT2D eigenvalue weighted by atomic mass is 35.5. The van der Waals surface area contributed by atoms with Crippen LogP contribution in [-0.4, -0.2) is 48.4 Å². The second kappa shape index (κ2) is 10.0. The fourth-order valence-electron chi connectivity index (χ4n) is 2.75. The molecule has 144 valence electrons. The molecule has 1 N–H and O–H groups in total. The number of ether oxygens (including phenoxy) is 2. The SMILES string of the molecule is CCN(Cc1ccc(OC)c(OC)c1)C(=O)C(NC)c1cnn(C)c1.Cl. The molecule has 1 amide bonds. The summed E-state index contributed by atoms with van der Waals surface area (Å²) in [4.78, 5) is 14.8. The van der Waals surface area contributed by atoms with Gasteiger partial charge in [0.05, 0.1) is 20.4 Å². The van der Waals surface area contributed by atoms with E-state index in [4.69, 9.17) is 9.47 Å². The predicted octanol–water partition coefficient (Wildman–Crippen LogP) is 2.17. The second-order valence-corrected chi connectivity index (χ2v) is 5.71. The lowest BCUT2D eigenvalue weighted by Gasteiger charge is -2.26. The van der Waals surface area contributed by atoms with Gasteiger partial charge in [-0.15, -0.1) is 12.4 Å². The van der Waals surface area contributed by atoms with Gasteiger partial charge in [0.2, 0.25) is 5.91 Å². The fraction of sp³-hybridized carbons (Fsp3) is 0.444. The Morgan fingerprint density at radius 3 is 2.50 bits per heavy atom. The Balaban J connectivity index is 0.00000338. The largest absolute Gasteiger partial charge is 0.493 e. The molecule has 7 nitrogen and oxygen atoms in total. The van der Waals surface area contributed by atoms with E-state index in [2.05, 4.69) is 10.4 Å². The van der Waals surface area contributed by atoms with Gasteiger partial charge in [-0.25, -0.2) is 0 Å². The molecule has 0 bridgehead atoms. The van der Waals surface area contributed by atoms with E-state index in [1.165, 1.54) is 0 Å². The molecule has 26 heavy (non-hydrogen) atoms.